The molecule has 0 heterocycles. The summed E-state index contributed by atoms with van der Waals surface area (Å²) in [5, 5.41) is 12.3. The summed E-state index contributed by atoms with van der Waals surface area (Å²) in [5.41, 5.74) is 0.671. The number of esters is 1. The Bertz CT molecular complexity index is 991. The predicted octanol–water partition coefficient (Wildman–Crippen LogP) is 2.89. The average molecular weight is 494 g/mol. The number of rotatable bonds is 10. The van der Waals surface area contributed by atoms with Gasteiger partial charge in [-0.15, -0.1) is 0 Å². The van der Waals surface area contributed by atoms with E-state index in [0.717, 1.165) is 5.56 Å². The molecule has 0 saturated carbocycles. The van der Waals surface area contributed by atoms with E-state index in [1.165, 1.54) is 17.0 Å². The van der Waals surface area contributed by atoms with E-state index in [4.69, 9.17) is 32.7 Å². The van der Waals surface area contributed by atoms with Crippen LogP contribution in [-0.2, 0) is 25.7 Å². The van der Waals surface area contributed by atoms with Gasteiger partial charge in [-0.3, -0.25) is 14.6 Å². The minimum Gasteiger partial charge on any atom is -0.596 e. The maximum absolute atomic E-state index is 12.7. The van der Waals surface area contributed by atoms with E-state index in [1.54, 1.807) is 44.4 Å². The molecule has 0 fully saturated rings. The van der Waals surface area contributed by atoms with E-state index in [9.17, 15) is 19.5 Å². The fourth-order valence-electron chi connectivity index (χ4n) is 2.66. The second-order valence-electron chi connectivity index (χ2n) is 7.15. The number of amides is 1. The third-order valence-corrected chi connectivity index (χ3v) is 5.11. The normalized spacial score (nSPS) is 12.1. The van der Waals surface area contributed by atoms with Gasteiger partial charge in [-0.1, -0.05) is 59.6 Å². The molecule has 1 atom stereocenters. The number of carbonyl (C=O) groups is 3. The lowest BCUT2D eigenvalue weighted by molar-refractivity contribution is -0.252. The molecule has 10 heteroatoms. The zero-order valence-corrected chi connectivity index (χ0v) is 19.6. The van der Waals surface area contributed by atoms with Crippen LogP contribution in [0.15, 0.2) is 53.5 Å². The molecule has 0 aliphatic carbocycles. The number of carbonyl (C=O) groups excluding carboxylic acids is 3. The Morgan fingerprint density at radius 2 is 1.64 bits per heavy atom. The maximum atomic E-state index is 12.7. The number of Topliss-reactive ketones (excluding diaryl/α,β-unsaturated/α-hetero) is 1. The molecule has 0 radical (unpaired) electrons. The van der Waals surface area contributed by atoms with Crippen molar-refractivity contribution in [2.45, 2.75) is 25.5 Å². The molecule has 0 bridgehead atoms. The molecular formula is C23H23Cl2N2O6-. The Balaban J connectivity index is 2.06. The first-order valence-corrected chi connectivity index (χ1v) is 10.7. The van der Waals surface area contributed by atoms with Crippen LogP contribution in [0.25, 0.3) is 0 Å². The number of hydrogen-bond acceptors (Lipinski definition) is 7. The summed E-state index contributed by atoms with van der Waals surface area (Å²) in [5.74, 6) is -1.82. The Morgan fingerprint density at radius 3 is 2.24 bits per heavy atom. The van der Waals surface area contributed by atoms with Crippen molar-refractivity contribution in [1.82, 2.24) is 4.90 Å². The van der Waals surface area contributed by atoms with E-state index in [0.29, 0.717) is 0 Å². The third-order valence-electron chi connectivity index (χ3n) is 4.48. The minimum atomic E-state index is -1.23. The molecule has 0 N–H and O–H groups in total. The highest BCUT2D eigenvalue weighted by Crippen LogP contribution is 2.25. The summed E-state index contributed by atoms with van der Waals surface area (Å²) in [4.78, 5) is 42.1. The average Bonchev–Trinajstić information content (AvgIpc) is 2.79. The second kappa shape index (κ2) is 12.8. The van der Waals surface area contributed by atoms with Gasteiger partial charge >= 0.3 is 5.97 Å². The monoisotopic (exact) mass is 493 g/mol. The van der Waals surface area contributed by atoms with Gasteiger partial charge in [-0.25, -0.2) is 4.79 Å². The number of nitrogens with zero attached hydrogens (tertiary/aromatic N) is 2. The third kappa shape index (κ3) is 8.40. The molecule has 176 valence electrons. The van der Waals surface area contributed by atoms with Crippen LogP contribution in [0.5, 0.6) is 0 Å². The second-order valence-corrected chi connectivity index (χ2v) is 7.97. The first kappa shape index (κ1) is 26.2. The first-order valence-electron chi connectivity index (χ1n) is 9.94. The van der Waals surface area contributed by atoms with Gasteiger partial charge in [0.25, 0.3) is 0 Å². The lowest BCUT2D eigenvalue weighted by atomic mass is 10.1. The molecule has 2 rings (SSSR count). The van der Waals surface area contributed by atoms with Gasteiger partial charge in [-0.2, -0.15) is 0 Å². The van der Waals surface area contributed by atoms with Crippen LogP contribution in [0.3, 0.4) is 0 Å². The largest absolute Gasteiger partial charge is 0.596 e. The van der Waals surface area contributed by atoms with Crippen LogP contribution in [0, 0.1) is 0 Å². The number of aliphatic imine (C=N–C) groups is 1. The molecule has 2 aromatic carbocycles. The molecule has 2 aromatic rings. The van der Waals surface area contributed by atoms with Crippen molar-refractivity contribution < 1.29 is 29.0 Å². The summed E-state index contributed by atoms with van der Waals surface area (Å²) < 4.78 is 10.1. The predicted molar refractivity (Wildman–Crippen MR) is 122 cm³/mol. The van der Waals surface area contributed by atoms with Gasteiger partial charge in [0.2, 0.25) is 5.91 Å². The van der Waals surface area contributed by atoms with Crippen molar-refractivity contribution in [3.8, 4) is 0 Å². The topological polar surface area (TPSA) is 108 Å². The Labute approximate surface area is 201 Å². The van der Waals surface area contributed by atoms with Gasteiger partial charge in [0.15, 0.2) is 12.4 Å². The molecule has 33 heavy (non-hydrogen) atoms. The smallest absolute Gasteiger partial charge is 0.341 e. The van der Waals surface area contributed by atoms with Crippen LogP contribution >= 0.6 is 23.2 Å². The van der Waals surface area contributed by atoms with Gasteiger partial charge in [-0.05, 0) is 24.1 Å². The number of ether oxygens (including phenoxy) is 2. The van der Waals surface area contributed by atoms with Gasteiger partial charge in [0, 0.05) is 27.1 Å². The van der Waals surface area contributed by atoms with Crippen LogP contribution in [0.2, 0.25) is 10.0 Å². The Kier molecular flexibility index (Phi) is 10.2. The Hall–Kier alpha value is -3.10. The fraction of sp³-hybridized carbons (Fsp3) is 0.304. The lowest BCUT2D eigenvalue weighted by Crippen LogP contribution is -2.32. The van der Waals surface area contributed by atoms with Crippen molar-refractivity contribution in [2.24, 2.45) is 4.99 Å². The van der Waals surface area contributed by atoms with Crippen molar-refractivity contribution in [2.75, 3.05) is 20.7 Å². The molecule has 0 spiro atoms. The summed E-state index contributed by atoms with van der Waals surface area (Å²) >= 11 is 12.0. The van der Waals surface area contributed by atoms with Crippen molar-refractivity contribution in [1.29, 1.82) is 0 Å². The highest BCUT2D eigenvalue weighted by Gasteiger charge is 2.23. The summed E-state index contributed by atoms with van der Waals surface area (Å²) in [6.07, 6.45) is -1.06. The van der Waals surface area contributed by atoms with Crippen LogP contribution in [-0.4, -0.2) is 55.4 Å². The molecule has 8 nitrogen and oxygen atoms in total. The maximum Gasteiger partial charge on any atom is 0.341 e. The van der Waals surface area contributed by atoms with Crippen molar-refractivity contribution in [3.05, 3.63) is 69.7 Å². The number of halogens is 2. The Morgan fingerprint density at radius 1 is 1.00 bits per heavy atom. The van der Waals surface area contributed by atoms with Gasteiger partial charge < -0.3 is 19.5 Å². The SMILES string of the molecule is CN(C)C(=O)CCC(N=C([O-])OCc1ccccc1)C(=O)COC(=O)c1c(Cl)cccc1Cl. The molecule has 0 aliphatic rings. The molecule has 0 saturated heterocycles. The fourth-order valence-corrected chi connectivity index (χ4v) is 3.21. The van der Waals surface area contributed by atoms with Crippen molar-refractivity contribution in [3.63, 3.8) is 0 Å². The first-order chi connectivity index (χ1) is 15.7. The van der Waals surface area contributed by atoms with Crippen LogP contribution in [0.1, 0.15) is 28.8 Å². The van der Waals surface area contributed by atoms with E-state index in [-0.39, 0.29) is 41.0 Å². The lowest BCUT2D eigenvalue weighted by Gasteiger charge is -2.19. The summed E-state index contributed by atoms with van der Waals surface area (Å²) in [7, 11) is 3.14. The van der Waals surface area contributed by atoms with E-state index >= 15 is 0 Å². The zero-order chi connectivity index (χ0) is 24.4. The van der Waals surface area contributed by atoms with E-state index < -0.39 is 30.5 Å². The molecular weight excluding hydrogens is 471 g/mol. The molecule has 0 aromatic heterocycles. The molecule has 0 aliphatic heterocycles. The highest BCUT2D eigenvalue weighted by atomic mass is 35.5. The molecule has 1 amide bonds. The van der Waals surface area contributed by atoms with Crippen LogP contribution in [0.4, 0.5) is 0 Å². The highest BCUT2D eigenvalue weighted by molar-refractivity contribution is 6.39. The quantitative estimate of drug-likeness (QED) is 0.286. The van der Waals surface area contributed by atoms with E-state index in [2.05, 4.69) is 4.99 Å². The van der Waals surface area contributed by atoms with Gasteiger partial charge in [0.1, 0.15) is 12.1 Å². The number of benzene rings is 2. The van der Waals surface area contributed by atoms with Crippen molar-refractivity contribution >= 4 is 46.9 Å². The standard InChI is InChI=1S/C23H24Cl2N2O6/c1-27(2)20(29)12-11-18(26-23(31)33-13-15-7-4-3-5-8-15)19(28)14-32-22(30)21-16(24)9-6-10-17(21)25/h3-10,18H,11-14H2,1-2H3,(H,26,31)/p-1. The van der Waals surface area contributed by atoms with Crippen LogP contribution < -0.4 is 5.11 Å². The minimum absolute atomic E-state index is 0.0271. The summed E-state index contributed by atoms with van der Waals surface area (Å²) in [6, 6.07) is 12.2. The number of hydrogen-bond donors (Lipinski definition) is 0. The summed E-state index contributed by atoms with van der Waals surface area (Å²) in [6.45, 7) is -0.711. The van der Waals surface area contributed by atoms with E-state index in [1.807, 2.05) is 6.07 Å². The zero-order valence-electron chi connectivity index (χ0n) is 18.1. The molecule has 1 unspecified atom stereocenters. The van der Waals surface area contributed by atoms with Gasteiger partial charge in [0.05, 0.1) is 15.6 Å². The number of ketones is 1.